The first-order valence-electron chi connectivity index (χ1n) is 11.6. The van der Waals surface area contributed by atoms with E-state index < -0.39 is 11.6 Å². The SMILES string of the molecule is Cc1nc2scc(CC(=O)NC(C)c3ccccc3)n2c(=O)c1-c1cc(C)n(-c2cc(F)ccc2F)n1. The summed E-state index contributed by atoms with van der Waals surface area (Å²) in [4.78, 5) is 31.5. The number of aromatic nitrogens is 4. The molecule has 0 aliphatic heterocycles. The molecule has 188 valence electrons. The van der Waals surface area contributed by atoms with E-state index in [1.165, 1.54) is 20.4 Å². The third-order valence-corrected chi connectivity index (χ3v) is 6.99. The molecule has 1 amide bonds. The molecule has 2 aromatic carbocycles. The van der Waals surface area contributed by atoms with Crippen LogP contribution in [0.15, 0.2) is 64.8 Å². The second-order valence-corrected chi connectivity index (χ2v) is 9.61. The van der Waals surface area contributed by atoms with E-state index in [0.29, 0.717) is 22.0 Å². The number of carbonyl (C=O) groups excluding carboxylic acids is 1. The van der Waals surface area contributed by atoms with E-state index in [-0.39, 0.29) is 40.9 Å². The summed E-state index contributed by atoms with van der Waals surface area (Å²) in [6.07, 6.45) is -0.0107. The van der Waals surface area contributed by atoms with Gasteiger partial charge in [0.15, 0.2) is 4.96 Å². The van der Waals surface area contributed by atoms with Crippen molar-refractivity contribution in [2.75, 3.05) is 0 Å². The molecule has 0 spiro atoms. The topological polar surface area (TPSA) is 81.3 Å². The lowest BCUT2D eigenvalue weighted by Crippen LogP contribution is -2.29. The Bertz CT molecular complexity index is 1690. The second-order valence-electron chi connectivity index (χ2n) is 8.78. The highest BCUT2D eigenvalue weighted by Crippen LogP contribution is 2.25. The van der Waals surface area contributed by atoms with Gasteiger partial charge in [-0.05, 0) is 44.5 Å². The fourth-order valence-electron chi connectivity index (χ4n) is 4.29. The molecule has 0 saturated carbocycles. The van der Waals surface area contributed by atoms with Gasteiger partial charge in [-0.15, -0.1) is 11.3 Å². The first-order valence-corrected chi connectivity index (χ1v) is 12.5. The number of halogens is 2. The van der Waals surface area contributed by atoms with Crippen molar-refractivity contribution in [2.45, 2.75) is 33.2 Å². The molecule has 3 heterocycles. The summed E-state index contributed by atoms with van der Waals surface area (Å²) in [5, 5.41) is 9.11. The number of hydrogen-bond donors (Lipinski definition) is 1. The molecule has 0 radical (unpaired) electrons. The summed E-state index contributed by atoms with van der Waals surface area (Å²) in [6.45, 7) is 5.28. The zero-order valence-electron chi connectivity index (χ0n) is 20.3. The average Bonchev–Trinajstić information content (AvgIpc) is 3.44. The van der Waals surface area contributed by atoms with Gasteiger partial charge in [0, 0.05) is 22.8 Å². The lowest BCUT2D eigenvalue weighted by Gasteiger charge is -2.14. The fraction of sp³-hybridized carbons (Fsp3) is 0.185. The summed E-state index contributed by atoms with van der Waals surface area (Å²) >= 11 is 1.27. The van der Waals surface area contributed by atoms with E-state index in [2.05, 4.69) is 15.4 Å². The van der Waals surface area contributed by atoms with Crippen molar-refractivity contribution >= 4 is 22.2 Å². The summed E-state index contributed by atoms with van der Waals surface area (Å²) in [7, 11) is 0. The van der Waals surface area contributed by atoms with Crippen molar-refractivity contribution in [1.29, 1.82) is 0 Å². The Morgan fingerprint density at radius 2 is 1.86 bits per heavy atom. The third kappa shape index (κ3) is 4.67. The third-order valence-electron chi connectivity index (χ3n) is 6.12. The lowest BCUT2D eigenvalue weighted by molar-refractivity contribution is -0.121. The van der Waals surface area contributed by atoms with Crippen molar-refractivity contribution in [3.8, 4) is 16.9 Å². The van der Waals surface area contributed by atoms with Crippen LogP contribution in [0.25, 0.3) is 21.9 Å². The zero-order chi connectivity index (χ0) is 26.3. The number of rotatable bonds is 6. The average molecular weight is 520 g/mol. The van der Waals surface area contributed by atoms with E-state index in [0.717, 1.165) is 23.8 Å². The first-order chi connectivity index (χ1) is 17.7. The highest BCUT2D eigenvalue weighted by Gasteiger charge is 2.21. The van der Waals surface area contributed by atoms with Crippen LogP contribution in [-0.4, -0.2) is 25.1 Å². The Morgan fingerprint density at radius 1 is 1.11 bits per heavy atom. The van der Waals surface area contributed by atoms with Crippen LogP contribution >= 0.6 is 11.3 Å². The monoisotopic (exact) mass is 519 g/mol. The summed E-state index contributed by atoms with van der Waals surface area (Å²) in [5.74, 6) is -1.47. The normalized spacial score (nSPS) is 12.1. The molecule has 0 aliphatic rings. The molecule has 1 atom stereocenters. The Morgan fingerprint density at radius 3 is 2.62 bits per heavy atom. The minimum absolute atomic E-state index is 0.0107. The zero-order valence-corrected chi connectivity index (χ0v) is 21.1. The highest BCUT2D eigenvalue weighted by atomic mass is 32.1. The van der Waals surface area contributed by atoms with Gasteiger partial charge in [0.05, 0.1) is 23.7 Å². The Balaban J connectivity index is 1.50. The van der Waals surface area contributed by atoms with Crippen LogP contribution in [-0.2, 0) is 11.2 Å². The second kappa shape index (κ2) is 9.70. The fourth-order valence-corrected chi connectivity index (χ4v) is 5.22. The number of carbonyl (C=O) groups is 1. The smallest absolute Gasteiger partial charge is 0.268 e. The van der Waals surface area contributed by atoms with Gasteiger partial charge in [0.25, 0.3) is 5.56 Å². The summed E-state index contributed by atoms with van der Waals surface area (Å²) in [5.41, 5.74) is 2.52. The maximum atomic E-state index is 14.4. The number of hydrogen-bond acceptors (Lipinski definition) is 5. The van der Waals surface area contributed by atoms with Gasteiger partial charge in [0.1, 0.15) is 23.0 Å². The minimum Gasteiger partial charge on any atom is -0.349 e. The van der Waals surface area contributed by atoms with Gasteiger partial charge in [-0.25, -0.2) is 18.4 Å². The maximum absolute atomic E-state index is 14.4. The molecule has 0 fully saturated rings. The van der Waals surface area contributed by atoms with Crippen molar-refractivity contribution in [1.82, 2.24) is 24.5 Å². The largest absolute Gasteiger partial charge is 0.349 e. The standard InChI is InChI=1S/C27H23F2N5O2S/c1-15-11-22(32-34(15)23-12-19(28)9-10-21(23)29)25-17(3)31-27-33(26(25)36)20(14-37-27)13-24(35)30-16(2)18-7-5-4-6-8-18/h4-12,14,16H,13H2,1-3H3,(H,30,35). The van der Waals surface area contributed by atoms with Crippen molar-refractivity contribution < 1.29 is 13.6 Å². The van der Waals surface area contributed by atoms with Crippen LogP contribution in [0.3, 0.4) is 0 Å². The lowest BCUT2D eigenvalue weighted by atomic mass is 10.1. The van der Waals surface area contributed by atoms with Crippen molar-refractivity contribution in [3.63, 3.8) is 0 Å². The molecule has 3 aromatic heterocycles. The Kier molecular flexibility index (Phi) is 6.43. The Labute approximate surface area is 215 Å². The molecule has 7 nitrogen and oxygen atoms in total. The van der Waals surface area contributed by atoms with Gasteiger partial charge >= 0.3 is 0 Å². The van der Waals surface area contributed by atoms with Gasteiger partial charge in [0.2, 0.25) is 5.91 Å². The number of benzene rings is 2. The molecule has 37 heavy (non-hydrogen) atoms. The minimum atomic E-state index is -0.642. The quantitative estimate of drug-likeness (QED) is 0.345. The van der Waals surface area contributed by atoms with Crippen LogP contribution in [0.5, 0.6) is 0 Å². The number of amides is 1. The van der Waals surface area contributed by atoms with Gasteiger partial charge in [-0.2, -0.15) is 5.10 Å². The highest BCUT2D eigenvalue weighted by molar-refractivity contribution is 7.15. The van der Waals surface area contributed by atoms with Crippen LogP contribution in [0.4, 0.5) is 8.78 Å². The molecule has 5 aromatic rings. The number of nitrogens with zero attached hydrogens (tertiary/aromatic N) is 4. The van der Waals surface area contributed by atoms with E-state index in [1.807, 2.05) is 37.3 Å². The number of thiazole rings is 1. The van der Waals surface area contributed by atoms with Gasteiger partial charge in [-0.3, -0.25) is 14.0 Å². The summed E-state index contributed by atoms with van der Waals surface area (Å²) in [6, 6.07) is 14.1. The van der Waals surface area contributed by atoms with E-state index in [9.17, 15) is 18.4 Å². The van der Waals surface area contributed by atoms with E-state index >= 15 is 0 Å². The number of nitrogens with one attached hydrogen (secondary N) is 1. The first kappa shape index (κ1) is 24.5. The molecular weight excluding hydrogens is 496 g/mol. The van der Waals surface area contributed by atoms with Crippen LogP contribution < -0.4 is 10.9 Å². The molecule has 10 heteroatoms. The predicted octanol–water partition coefficient (Wildman–Crippen LogP) is 4.92. The molecule has 1 unspecified atom stereocenters. The molecular formula is C27H23F2N5O2S. The van der Waals surface area contributed by atoms with E-state index in [4.69, 9.17) is 0 Å². The molecule has 1 N–H and O–H groups in total. The number of fused-ring (bicyclic) bond motifs is 1. The van der Waals surface area contributed by atoms with E-state index in [1.54, 1.807) is 25.3 Å². The van der Waals surface area contributed by atoms with Crippen molar-refractivity contribution in [2.24, 2.45) is 0 Å². The van der Waals surface area contributed by atoms with Gasteiger partial charge in [-0.1, -0.05) is 30.3 Å². The molecule has 0 saturated heterocycles. The number of aryl methyl sites for hydroxylation is 2. The van der Waals surface area contributed by atoms with Crippen LogP contribution in [0.1, 0.15) is 35.6 Å². The molecule has 5 rings (SSSR count). The predicted molar refractivity (Wildman–Crippen MR) is 138 cm³/mol. The maximum Gasteiger partial charge on any atom is 0.268 e. The van der Waals surface area contributed by atoms with Crippen molar-refractivity contribution in [3.05, 3.63) is 105 Å². The summed E-state index contributed by atoms with van der Waals surface area (Å²) < 4.78 is 30.9. The van der Waals surface area contributed by atoms with Crippen LogP contribution in [0, 0.1) is 25.5 Å². The van der Waals surface area contributed by atoms with Gasteiger partial charge < -0.3 is 5.32 Å². The Hall–Kier alpha value is -4.18. The molecule has 0 aliphatic carbocycles. The van der Waals surface area contributed by atoms with Crippen LogP contribution in [0.2, 0.25) is 0 Å². The molecule has 0 bridgehead atoms.